The molecule has 24 heavy (non-hydrogen) atoms. The van der Waals surface area contributed by atoms with Gasteiger partial charge in [-0.3, -0.25) is 4.79 Å². The zero-order valence-corrected chi connectivity index (χ0v) is 15.7. The molecule has 130 valence electrons. The number of hydrogen-bond donors (Lipinski definition) is 0. The fraction of sp³-hybridized carbons (Fsp3) is 0.278. The van der Waals surface area contributed by atoms with E-state index in [-0.39, 0.29) is 24.1 Å². The molecular formula is C18H22ClFN2OS. The number of likely N-dealkylation sites (N-methyl/N-ethyl adjacent to an activating group) is 2. The summed E-state index contributed by atoms with van der Waals surface area (Å²) in [5.41, 5.74) is 0.642. The summed E-state index contributed by atoms with van der Waals surface area (Å²) in [6.07, 6.45) is 0. The first-order valence-electron chi connectivity index (χ1n) is 7.40. The van der Waals surface area contributed by atoms with Crippen LogP contribution in [-0.4, -0.2) is 49.9 Å². The molecule has 2 aromatic rings. The van der Waals surface area contributed by atoms with Crippen LogP contribution in [0.25, 0.3) is 0 Å². The van der Waals surface area contributed by atoms with Gasteiger partial charge in [-0.25, -0.2) is 4.39 Å². The molecule has 0 spiro atoms. The lowest BCUT2D eigenvalue weighted by Crippen LogP contribution is -2.33. The molecule has 2 rings (SSSR count). The van der Waals surface area contributed by atoms with E-state index in [1.165, 1.54) is 23.9 Å². The van der Waals surface area contributed by atoms with Gasteiger partial charge < -0.3 is 9.80 Å². The Kier molecular flexibility index (Phi) is 8.25. The maximum absolute atomic E-state index is 13.3. The van der Waals surface area contributed by atoms with Gasteiger partial charge in [0.15, 0.2) is 0 Å². The van der Waals surface area contributed by atoms with E-state index in [0.717, 1.165) is 16.3 Å². The third kappa shape index (κ3) is 5.82. The second-order valence-corrected chi connectivity index (χ2v) is 6.70. The Morgan fingerprint density at radius 1 is 1.04 bits per heavy atom. The second-order valence-electron chi connectivity index (χ2n) is 5.59. The van der Waals surface area contributed by atoms with Crippen LogP contribution in [0.15, 0.2) is 58.3 Å². The summed E-state index contributed by atoms with van der Waals surface area (Å²) in [4.78, 5) is 18.0. The summed E-state index contributed by atoms with van der Waals surface area (Å²) in [6, 6.07) is 13.8. The normalized spacial score (nSPS) is 10.4. The number of halogens is 2. The highest BCUT2D eigenvalue weighted by molar-refractivity contribution is 7.99. The van der Waals surface area contributed by atoms with Gasteiger partial charge in [0.25, 0.3) is 5.91 Å². The van der Waals surface area contributed by atoms with E-state index in [4.69, 9.17) is 0 Å². The van der Waals surface area contributed by atoms with Crippen molar-refractivity contribution < 1.29 is 9.18 Å². The van der Waals surface area contributed by atoms with Gasteiger partial charge in [-0.05, 0) is 44.4 Å². The van der Waals surface area contributed by atoms with E-state index >= 15 is 0 Å². The van der Waals surface area contributed by atoms with E-state index in [1.807, 2.05) is 49.3 Å². The highest BCUT2D eigenvalue weighted by Gasteiger charge is 2.16. The third-order valence-electron chi connectivity index (χ3n) is 3.37. The predicted octanol–water partition coefficient (Wildman–Crippen LogP) is 4.03. The van der Waals surface area contributed by atoms with Crippen LogP contribution in [-0.2, 0) is 0 Å². The Balaban J connectivity index is 0.00000288. The van der Waals surface area contributed by atoms with Gasteiger partial charge in [0.1, 0.15) is 5.82 Å². The Labute approximate surface area is 153 Å². The average Bonchev–Trinajstić information content (AvgIpc) is 2.52. The molecule has 0 aliphatic carbocycles. The molecule has 6 heteroatoms. The van der Waals surface area contributed by atoms with Crippen LogP contribution in [0.3, 0.4) is 0 Å². The molecule has 0 saturated carbocycles. The molecule has 0 saturated heterocycles. The standard InChI is InChI=1S/C18H21FN2OS.ClH/c1-20(2)11-12-21(3)18(22)16-9-4-5-10-17(16)23-15-8-6-7-14(19)13-15;/h4-10,13H,11-12H2,1-3H3;1H. The Morgan fingerprint density at radius 2 is 1.75 bits per heavy atom. The van der Waals surface area contributed by atoms with Crippen molar-refractivity contribution in [2.24, 2.45) is 0 Å². The molecule has 0 unspecified atom stereocenters. The van der Waals surface area contributed by atoms with Crippen molar-refractivity contribution in [3.63, 3.8) is 0 Å². The van der Waals surface area contributed by atoms with Crippen molar-refractivity contribution in [2.75, 3.05) is 34.2 Å². The number of rotatable bonds is 6. The second kappa shape index (κ2) is 9.67. The predicted molar refractivity (Wildman–Crippen MR) is 99.7 cm³/mol. The number of carbonyl (C=O) groups is 1. The Morgan fingerprint density at radius 3 is 2.42 bits per heavy atom. The fourth-order valence-electron chi connectivity index (χ4n) is 2.05. The maximum Gasteiger partial charge on any atom is 0.254 e. The molecule has 0 fully saturated rings. The highest BCUT2D eigenvalue weighted by Crippen LogP contribution is 2.31. The lowest BCUT2D eigenvalue weighted by molar-refractivity contribution is 0.0783. The molecule has 2 aromatic carbocycles. The SMILES string of the molecule is CN(C)CCN(C)C(=O)c1ccccc1Sc1cccc(F)c1.Cl. The minimum atomic E-state index is -0.276. The molecule has 1 amide bonds. The van der Waals surface area contributed by atoms with E-state index in [1.54, 1.807) is 18.0 Å². The number of nitrogens with zero attached hydrogens (tertiary/aromatic N) is 2. The molecule has 0 aliphatic heterocycles. The van der Waals surface area contributed by atoms with E-state index in [2.05, 4.69) is 0 Å². The fourth-order valence-corrected chi connectivity index (χ4v) is 3.03. The van der Waals surface area contributed by atoms with Gasteiger partial charge in [-0.15, -0.1) is 12.4 Å². The van der Waals surface area contributed by atoms with Crippen LogP contribution in [0.2, 0.25) is 0 Å². The van der Waals surface area contributed by atoms with Crippen molar-refractivity contribution in [3.05, 3.63) is 59.9 Å². The quantitative estimate of drug-likeness (QED) is 0.769. The Hall–Kier alpha value is -1.56. The first-order chi connectivity index (χ1) is 11.0. The van der Waals surface area contributed by atoms with Crippen molar-refractivity contribution in [3.8, 4) is 0 Å². The summed E-state index contributed by atoms with van der Waals surface area (Å²) in [5.74, 6) is -0.298. The van der Waals surface area contributed by atoms with Gasteiger partial charge in [-0.2, -0.15) is 0 Å². The number of hydrogen-bond acceptors (Lipinski definition) is 3. The molecule has 0 heterocycles. The lowest BCUT2D eigenvalue weighted by Gasteiger charge is -2.21. The van der Waals surface area contributed by atoms with Crippen LogP contribution >= 0.6 is 24.2 Å². The summed E-state index contributed by atoms with van der Waals surface area (Å²) in [7, 11) is 5.76. The minimum absolute atomic E-state index is 0. The van der Waals surface area contributed by atoms with Crippen LogP contribution < -0.4 is 0 Å². The summed E-state index contributed by atoms with van der Waals surface area (Å²) in [6.45, 7) is 1.46. The number of carbonyl (C=O) groups excluding carboxylic acids is 1. The Bertz CT molecular complexity index is 682. The first kappa shape index (κ1) is 20.5. The monoisotopic (exact) mass is 368 g/mol. The number of benzene rings is 2. The van der Waals surface area contributed by atoms with Gasteiger partial charge >= 0.3 is 0 Å². The largest absolute Gasteiger partial charge is 0.340 e. The van der Waals surface area contributed by atoms with Crippen molar-refractivity contribution >= 4 is 30.1 Å². The van der Waals surface area contributed by atoms with Crippen molar-refractivity contribution in [1.29, 1.82) is 0 Å². The first-order valence-corrected chi connectivity index (χ1v) is 8.21. The zero-order valence-electron chi connectivity index (χ0n) is 14.0. The topological polar surface area (TPSA) is 23.6 Å². The number of amides is 1. The van der Waals surface area contributed by atoms with E-state index in [0.29, 0.717) is 12.1 Å². The van der Waals surface area contributed by atoms with Crippen LogP contribution in [0.5, 0.6) is 0 Å². The zero-order chi connectivity index (χ0) is 16.8. The molecule has 0 N–H and O–H groups in total. The molecule has 3 nitrogen and oxygen atoms in total. The van der Waals surface area contributed by atoms with Gasteiger partial charge in [-0.1, -0.05) is 30.0 Å². The van der Waals surface area contributed by atoms with E-state index in [9.17, 15) is 9.18 Å². The van der Waals surface area contributed by atoms with Crippen LogP contribution in [0, 0.1) is 5.82 Å². The molecule has 0 aromatic heterocycles. The lowest BCUT2D eigenvalue weighted by atomic mass is 10.2. The molecule has 0 bridgehead atoms. The maximum atomic E-state index is 13.3. The third-order valence-corrected chi connectivity index (χ3v) is 4.44. The van der Waals surface area contributed by atoms with Gasteiger partial charge in [0, 0.05) is 29.9 Å². The summed E-state index contributed by atoms with van der Waals surface area (Å²) < 4.78 is 13.3. The molecule has 0 radical (unpaired) electrons. The van der Waals surface area contributed by atoms with Crippen LogP contribution in [0.4, 0.5) is 4.39 Å². The summed E-state index contributed by atoms with van der Waals surface area (Å²) >= 11 is 1.40. The average molecular weight is 369 g/mol. The summed E-state index contributed by atoms with van der Waals surface area (Å²) in [5, 5.41) is 0. The minimum Gasteiger partial charge on any atom is -0.340 e. The van der Waals surface area contributed by atoms with Crippen LogP contribution in [0.1, 0.15) is 10.4 Å². The van der Waals surface area contributed by atoms with Crippen molar-refractivity contribution in [2.45, 2.75) is 9.79 Å². The van der Waals surface area contributed by atoms with Gasteiger partial charge in [0.2, 0.25) is 0 Å². The van der Waals surface area contributed by atoms with Crippen molar-refractivity contribution in [1.82, 2.24) is 9.80 Å². The molecule has 0 atom stereocenters. The van der Waals surface area contributed by atoms with E-state index < -0.39 is 0 Å². The molecule has 0 aliphatic rings. The van der Waals surface area contributed by atoms with Gasteiger partial charge in [0.05, 0.1) is 5.56 Å². The smallest absolute Gasteiger partial charge is 0.254 e. The highest BCUT2D eigenvalue weighted by atomic mass is 35.5. The molecular weight excluding hydrogens is 347 g/mol.